The van der Waals surface area contributed by atoms with E-state index < -0.39 is 0 Å². The third kappa shape index (κ3) is 1.43. The third-order valence-electron chi connectivity index (χ3n) is 2.58. The van der Waals surface area contributed by atoms with E-state index in [0.717, 1.165) is 18.8 Å². The molecule has 0 radical (unpaired) electrons. The molecule has 2 rings (SSSR count). The lowest BCUT2D eigenvalue weighted by Crippen LogP contribution is -1.94. The summed E-state index contributed by atoms with van der Waals surface area (Å²) in [6.07, 6.45) is 1.08. The molecule has 13 heavy (non-hydrogen) atoms. The van der Waals surface area contributed by atoms with E-state index in [9.17, 15) is 0 Å². The highest BCUT2D eigenvalue weighted by molar-refractivity contribution is 5.48. The lowest BCUT2D eigenvalue weighted by molar-refractivity contribution is 0.352. The van der Waals surface area contributed by atoms with E-state index in [2.05, 4.69) is 32.9 Å². The molecule has 1 heteroatoms. The van der Waals surface area contributed by atoms with Gasteiger partial charge in [-0.05, 0) is 24.0 Å². The van der Waals surface area contributed by atoms with Crippen LogP contribution in [0.2, 0.25) is 0 Å². The number of hydrogen-bond acceptors (Lipinski definition) is 1. The molecule has 1 nitrogen and oxygen atoms in total. The second-order valence-electron chi connectivity index (χ2n) is 4.10. The van der Waals surface area contributed by atoms with Crippen LogP contribution in [0.5, 0.6) is 5.75 Å². The van der Waals surface area contributed by atoms with Crippen LogP contribution in [0.25, 0.3) is 0 Å². The van der Waals surface area contributed by atoms with Crippen molar-refractivity contribution in [3.05, 3.63) is 28.8 Å². The van der Waals surface area contributed by atoms with Crippen LogP contribution in [0.1, 0.15) is 36.5 Å². The number of aryl methyl sites for hydroxylation is 1. The summed E-state index contributed by atoms with van der Waals surface area (Å²) in [5, 5.41) is 0. The van der Waals surface area contributed by atoms with Crippen LogP contribution in [-0.2, 0) is 6.42 Å². The van der Waals surface area contributed by atoms with Crippen molar-refractivity contribution in [1.82, 2.24) is 0 Å². The summed E-state index contributed by atoms with van der Waals surface area (Å²) in [6, 6.07) is 4.49. The maximum atomic E-state index is 5.65. The van der Waals surface area contributed by atoms with Gasteiger partial charge in [-0.3, -0.25) is 0 Å². The Balaban J connectivity index is 2.55. The fourth-order valence-electron chi connectivity index (χ4n) is 1.93. The lowest BCUT2D eigenvalue weighted by Gasteiger charge is -2.12. The Morgan fingerprint density at radius 1 is 1.31 bits per heavy atom. The smallest absolute Gasteiger partial charge is 0.126 e. The van der Waals surface area contributed by atoms with Gasteiger partial charge in [-0.25, -0.2) is 0 Å². The zero-order chi connectivity index (χ0) is 9.42. The molecule has 0 N–H and O–H groups in total. The van der Waals surface area contributed by atoms with Crippen molar-refractivity contribution in [2.75, 3.05) is 6.61 Å². The molecular formula is C12H16O. The largest absolute Gasteiger partial charge is 0.493 e. The second kappa shape index (κ2) is 3.06. The van der Waals surface area contributed by atoms with E-state index in [-0.39, 0.29) is 0 Å². The zero-order valence-corrected chi connectivity index (χ0v) is 8.55. The van der Waals surface area contributed by atoms with Gasteiger partial charge in [0.05, 0.1) is 6.61 Å². The summed E-state index contributed by atoms with van der Waals surface area (Å²) >= 11 is 0. The first-order chi connectivity index (χ1) is 6.18. The maximum absolute atomic E-state index is 5.65. The Kier molecular flexibility index (Phi) is 2.03. The number of hydrogen-bond donors (Lipinski definition) is 0. The van der Waals surface area contributed by atoms with E-state index in [1.165, 1.54) is 16.7 Å². The standard InChI is InChI=1S/C12H16O/c1-8(2)11-7-9(3)6-10-4-5-13-12(10)11/h6-8H,4-5H2,1-3H3. The van der Waals surface area contributed by atoms with Crippen LogP contribution >= 0.6 is 0 Å². The molecule has 0 unspecified atom stereocenters. The third-order valence-corrected chi connectivity index (χ3v) is 2.58. The van der Waals surface area contributed by atoms with Crippen LogP contribution in [0.4, 0.5) is 0 Å². The summed E-state index contributed by atoms with van der Waals surface area (Å²) in [5.74, 6) is 1.72. The minimum absolute atomic E-state index is 0.562. The molecule has 0 saturated carbocycles. The van der Waals surface area contributed by atoms with Gasteiger partial charge < -0.3 is 4.74 Å². The minimum atomic E-state index is 0.562. The average Bonchev–Trinajstić information content (AvgIpc) is 2.49. The predicted molar refractivity (Wildman–Crippen MR) is 54.5 cm³/mol. The Morgan fingerprint density at radius 2 is 2.08 bits per heavy atom. The van der Waals surface area contributed by atoms with Crippen molar-refractivity contribution in [2.45, 2.75) is 33.1 Å². The zero-order valence-electron chi connectivity index (χ0n) is 8.55. The van der Waals surface area contributed by atoms with Crippen LogP contribution in [-0.4, -0.2) is 6.61 Å². The van der Waals surface area contributed by atoms with Crippen molar-refractivity contribution >= 4 is 0 Å². The molecule has 1 heterocycles. The van der Waals surface area contributed by atoms with Crippen molar-refractivity contribution < 1.29 is 4.74 Å². The summed E-state index contributed by atoms with van der Waals surface area (Å²) in [7, 11) is 0. The van der Waals surface area contributed by atoms with E-state index in [0.29, 0.717) is 5.92 Å². The van der Waals surface area contributed by atoms with Crippen LogP contribution in [0.15, 0.2) is 12.1 Å². The van der Waals surface area contributed by atoms with E-state index >= 15 is 0 Å². The van der Waals surface area contributed by atoms with Crippen molar-refractivity contribution in [3.8, 4) is 5.75 Å². The van der Waals surface area contributed by atoms with Gasteiger partial charge in [-0.2, -0.15) is 0 Å². The van der Waals surface area contributed by atoms with Gasteiger partial charge in [-0.1, -0.05) is 31.5 Å². The molecule has 1 aliphatic heterocycles. The number of fused-ring (bicyclic) bond motifs is 1. The van der Waals surface area contributed by atoms with Gasteiger partial charge in [0.25, 0.3) is 0 Å². The van der Waals surface area contributed by atoms with Gasteiger partial charge in [-0.15, -0.1) is 0 Å². The SMILES string of the molecule is Cc1cc2c(c(C(C)C)c1)OCC2. The first kappa shape index (κ1) is 8.61. The highest BCUT2D eigenvalue weighted by atomic mass is 16.5. The van der Waals surface area contributed by atoms with E-state index in [1.54, 1.807) is 0 Å². The van der Waals surface area contributed by atoms with Crippen molar-refractivity contribution in [3.63, 3.8) is 0 Å². The second-order valence-corrected chi connectivity index (χ2v) is 4.10. The quantitative estimate of drug-likeness (QED) is 0.639. The van der Waals surface area contributed by atoms with Gasteiger partial charge in [0.15, 0.2) is 0 Å². The van der Waals surface area contributed by atoms with Gasteiger partial charge in [0.2, 0.25) is 0 Å². The lowest BCUT2D eigenvalue weighted by atomic mass is 9.96. The Morgan fingerprint density at radius 3 is 2.77 bits per heavy atom. The van der Waals surface area contributed by atoms with Crippen LogP contribution in [0, 0.1) is 6.92 Å². The highest BCUT2D eigenvalue weighted by Crippen LogP contribution is 2.35. The molecule has 1 aromatic carbocycles. The maximum Gasteiger partial charge on any atom is 0.126 e. The predicted octanol–water partition coefficient (Wildman–Crippen LogP) is 3.05. The van der Waals surface area contributed by atoms with Gasteiger partial charge in [0.1, 0.15) is 5.75 Å². The fourth-order valence-corrected chi connectivity index (χ4v) is 1.93. The highest BCUT2D eigenvalue weighted by Gasteiger charge is 2.18. The first-order valence-electron chi connectivity index (χ1n) is 4.94. The number of benzene rings is 1. The molecule has 1 aromatic rings. The normalized spacial score (nSPS) is 14.5. The molecule has 0 saturated heterocycles. The van der Waals surface area contributed by atoms with Crippen LogP contribution in [0.3, 0.4) is 0 Å². The molecule has 0 atom stereocenters. The first-order valence-corrected chi connectivity index (χ1v) is 4.94. The molecule has 0 spiro atoms. The van der Waals surface area contributed by atoms with Crippen molar-refractivity contribution in [2.24, 2.45) is 0 Å². The molecule has 70 valence electrons. The Bertz CT molecular complexity index is 326. The Labute approximate surface area is 79.7 Å². The summed E-state index contributed by atoms with van der Waals surface area (Å²) in [4.78, 5) is 0. The molecule has 0 amide bonds. The Hall–Kier alpha value is -0.980. The molecule has 0 bridgehead atoms. The van der Waals surface area contributed by atoms with Gasteiger partial charge in [0, 0.05) is 6.42 Å². The monoisotopic (exact) mass is 176 g/mol. The number of ether oxygens (including phenoxy) is 1. The molecular weight excluding hydrogens is 160 g/mol. The topological polar surface area (TPSA) is 9.23 Å². The van der Waals surface area contributed by atoms with Crippen LogP contribution < -0.4 is 4.74 Å². The van der Waals surface area contributed by atoms with E-state index in [4.69, 9.17) is 4.74 Å². The molecule has 0 fully saturated rings. The van der Waals surface area contributed by atoms with E-state index in [1.807, 2.05) is 0 Å². The molecule has 0 aliphatic carbocycles. The summed E-state index contributed by atoms with van der Waals surface area (Å²) < 4.78 is 5.65. The minimum Gasteiger partial charge on any atom is -0.493 e. The number of rotatable bonds is 1. The van der Waals surface area contributed by atoms with Crippen molar-refractivity contribution in [1.29, 1.82) is 0 Å². The summed E-state index contributed by atoms with van der Waals surface area (Å²) in [6.45, 7) is 7.45. The molecule has 0 aromatic heterocycles. The average molecular weight is 176 g/mol. The van der Waals surface area contributed by atoms with Gasteiger partial charge >= 0.3 is 0 Å². The fraction of sp³-hybridized carbons (Fsp3) is 0.500. The summed E-state index contributed by atoms with van der Waals surface area (Å²) in [5.41, 5.74) is 4.11. The molecule has 1 aliphatic rings.